The smallest absolute Gasteiger partial charge is 0.103 e. The molecule has 0 saturated carbocycles. The molecule has 2 aromatic rings. The molecular formula is C23H33NOSi. The van der Waals surface area contributed by atoms with Crippen LogP contribution in [0.3, 0.4) is 0 Å². The summed E-state index contributed by atoms with van der Waals surface area (Å²) >= 11 is 0. The minimum Gasteiger partial charge on any atom is -0.384 e. The van der Waals surface area contributed by atoms with Gasteiger partial charge in [0.25, 0.3) is 0 Å². The minimum atomic E-state index is -1.97. The standard InChI is InChI=1S/C23H33NOSi/c1-17-10-9-13-22-20(17)16-18(14-15-24(2)3)19-11-7-8-12-21(19)23(22,25)26(4,5)6/h7-13,18,25H,14-16H2,1-6H3. The lowest BCUT2D eigenvalue weighted by Gasteiger charge is -2.41. The van der Waals surface area contributed by atoms with Gasteiger partial charge < -0.3 is 10.0 Å². The second-order valence-electron chi connectivity index (χ2n) is 9.14. The lowest BCUT2D eigenvalue weighted by molar-refractivity contribution is 0.158. The Morgan fingerprint density at radius 2 is 1.69 bits per heavy atom. The van der Waals surface area contributed by atoms with Crippen LogP contribution in [0.25, 0.3) is 0 Å². The zero-order valence-corrected chi connectivity index (χ0v) is 18.1. The summed E-state index contributed by atoms with van der Waals surface area (Å²) in [5, 5.41) is 11.4. The highest BCUT2D eigenvalue weighted by molar-refractivity contribution is 6.79. The topological polar surface area (TPSA) is 23.5 Å². The van der Waals surface area contributed by atoms with Crippen LogP contribution in [0.5, 0.6) is 0 Å². The fraction of sp³-hybridized carbons (Fsp3) is 0.478. The molecule has 2 nitrogen and oxygen atoms in total. The van der Waals surface area contributed by atoms with Crippen LogP contribution in [0.15, 0.2) is 42.5 Å². The van der Waals surface area contributed by atoms with Crippen molar-refractivity contribution in [2.45, 2.75) is 50.5 Å². The van der Waals surface area contributed by atoms with E-state index in [0.29, 0.717) is 5.92 Å². The molecule has 0 aromatic heterocycles. The molecule has 0 spiro atoms. The maximum atomic E-state index is 12.3. The van der Waals surface area contributed by atoms with Gasteiger partial charge in [-0.25, -0.2) is 0 Å². The van der Waals surface area contributed by atoms with Crippen molar-refractivity contribution >= 4 is 8.07 Å². The highest BCUT2D eigenvalue weighted by Gasteiger charge is 2.49. The van der Waals surface area contributed by atoms with E-state index in [1.165, 1.54) is 16.7 Å². The monoisotopic (exact) mass is 367 g/mol. The molecule has 0 fully saturated rings. The van der Waals surface area contributed by atoms with Crippen molar-refractivity contribution in [3.63, 3.8) is 0 Å². The molecule has 1 aliphatic rings. The van der Waals surface area contributed by atoms with Gasteiger partial charge in [-0.1, -0.05) is 62.1 Å². The number of nitrogens with zero attached hydrogens (tertiary/aromatic N) is 1. The first-order valence-corrected chi connectivity index (χ1v) is 13.2. The molecule has 0 bridgehead atoms. The van der Waals surface area contributed by atoms with E-state index in [1.807, 2.05) is 0 Å². The number of hydrogen-bond donors (Lipinski definition) is 1. The van der Waals surface area contributed by atoms with E-state index in [2.05, 4.69) is 88.0 Å². The van der Waals surface area contributed by atoms with Gasteiger partial charge in [0.2, 0.25) is 0 Å². The van der Waals surface area contributed by atoms with Gasteiger partial charge in [0.05, 0.1) is 8.07 Å². The Kier molecular flexibility index (Phi) is 5.17. The quantitative estimate of drug-likeness (QED) is 0.792. The third-order valence-corrected chi connectivity index (χ3v) is 8.76. The molecule has 2 aromatic carbocycles. The van der Waals surface area contributed by atoms with Crippen LogP contribution < -0.4 is 0 Å². The molecule has 2 atom stereocenters. The third-order valence-electron chi connectivity index (χ3n) is 6.05. The van der Waals surface area contributed by atoms with Crippen LogP contribution in [0.4, 0.5) is 0 Å². The van der Waals surface area contributed by atoms with Gasteiger partial charge in [0.15, 0.2) is 0 Å². The maximum absolute atomic E-state index is 12.3. The largest absolute Gasteiger partial charge is 0.384 e. The van der Waals surface area contributed by atoms with Crippen molar-refractivity contribution in [2.75, 3.05) is 20.6 Å². The summed E-state index contributed by atoms with van der Waals surface area (Å²) in [5.41, 5.74) is 6.30. The second kappa shape index (κ2) is 6.95. The van der Waals surface area contributed by atoms with Crippen LogP contribution in [-0.2, 0) is 11.6 Å². The first-order valence-electron chi connectivity index (χ1n) is 9.71. The highest BCUT2D eigenvalue weighted by atomic mass is 28.3. The van der Waals surface area contributed by atoms with E-state index >= 15 is 0 Å². The van der Waals surface area contributed by atoms with Gasteiger partial charge >= 0.3 is 0 Å². The molecule has 3 rings (SSSR count). The highest BCUT2D eigenvalue weighted by Crippen LogP contribution is 2.47. The number of aliphatic hydroxyl groups is 1. The number of aryl methyl sites for hydroxylation is 1. The summed E-state index contributed by atoms with van der Waals surface area (Å²) < 4.78 is 0. The Hall–Kier alpha value is -1.42. The third kappa shape index (κ3) is 3.17. The van der Waals surface area contributed by atoms with E-state index < -0.39 is 13.3 Å². The molecule has 0 amide bonds. The summed E-state index contributed by atoms with van der Waals surface area (Å²) in [4.78, 5) is 2.26. The van der Waals surface area contributed by atoms with E-state index in [-0.39, 0.29) is 0 Å². The van der Waals surface area contributed by atoms with Crippen molar-refractivity contribution < 1.29 is 5.11 Å². The molecule has 3 heteroatoms. The van der Waals surface area contributed by atoms with Crippen molar-refractivity contribution in [3.05, 3.63) is 70.3 Å². The number of benzene rings is 2. The number of hydrogen-bond acceptors (Lipinski definition) is 2. The van der Waals surface area contributed by atoms with Crippen molar-refractivity contribution in [2.24, 2.45) is 0 Å². The lowest BCUT2D eigenvalue weighted by atomic mass is 9.87. The fourth-order valence-electron chi connectivity index (χ4n) is 4.48. The Bertz CT molecular complexity index is 793. The maximum Gasteiger partial charge on any atom is 0.103 e. The summed E-state index contributed by atoms with van der Waals surface area (Å²) in [7, 11) is 2.31. The summed E-state index contributed by atoms with van der Waals surface area (Å²) in [5.74, 6) is 0.443. The van der Waals surface area contributed by atoms with Crippen molar-refractivity contribution in [3.8, 4) is 0 Å². The van der Waals surface area contributed by atoms with E-state index in [9.17, 15) is 5.11 Å². The van der Waals surface area contributed by atoms with Gasteiger partial charge in [-0.3, -0.25) is 0 Å². The molecular weight excluding hydrogens is 334 g/mol. The summed E-state index contributed by atoms with van der Waals surface area (Å²) in [6.07, 6.45) is 2.12. The van der Waals surface area contributed by atoms with Gasteiger partial charge in [0, 0.05) is 0 Å². The predicted molar refractivity (Wildman–Crippen MR) is 114 cm³/mol. The molecule has 0 aliphatic heterocycles. The van der Waals surface area contributed by atoms with Crippen LogP contribution in [-0.4, -0.2) is 38.7 Å². The van der Waals surface area contributed by atoms with Crippen LogP contribution in [0.2, 0.25) is 19.6 Å². The molecule has 0 saturated heterocycles. The average molecular weight is 368 g/mol. The first-order chi connectivity index (χ1) is 12.2. The average Bonchev–Trinajstić information content (AvgIpc) is 2.68. The van der Waals surface area contributed by atoms with Gasteiger partial charge in [0.1, 0.15) is 5.22 Å². The molecule has 26 heavy (non-hydrogen) atoms. The molecule has 0 radical (unpaired) electrons. The molecule has 1 aliphatic carbocycles. The molecule has 2 unspecified atom stereocenters. The zero-order valence-electron chi connectivity index (χ0n) is 17.1. The first kappa shape index (κ1) is 19.3. The van der Waals surface area contributed by atoms with Gasteiger partial charge in [-0.05, 0) is 74.1 Å². The normalized spacial score (nSPS) is 22.7. The van der Waals surface area contributed by atoms with Crippen molar-refractivity contribution in [1.82, 2.24) is 4.90 Å². The fourth-order valence-corrected chi connectivity index (χ4v) is 6.55. The lowest BCUT2D eigenvalue weighted by Crippen LogP contribution is -2.51. The number of fused-ring (bicyclic) bond motifs is 2. The Morgan fingerprint density at radius 3 is 2.35 bits per heavy atom. The van der Waals surface area contributed by atoms with E-state index in [1.54, 1.807) is 0 Å². The zero-order chi connectivity index (χ0) is 19.1. The SMILES string of the molecule is Cc1cccc2c1CC(CCN(C)C)c1ccccc1C2(O)[Si](C)(C)C. The molecule has 140 valence electrons. The van der Waals surface area contributed by atoms with E-state index in [0.717, 1.165) is 30.5 Å². The Balaban J connectivity index is 2.28. The van der Waals surface area contributed by atoms with Crippen LogP contribution >= 0.6 is 0 Å². The number of rotatable bonds is 4. The minimum absolute atomic E-state index is 0.443. The van der Waals surface area contributed by atoms with Gasteiger partial charge in [-0.2, -0.15) is 0 Å². The Labute approximate surface area is 159 Å². The van der Waals surface area contributed by atoms with E-state index in [4.69, 9.17) is 0 Å². The second-order valence-corrected chi connectivity index (χ2v) is 14.4. The summed E-state index contributed by atoms with van der Waals surface area (Å²) in [6.45, 7) is 10.1. The summed E-state index contributed by atoms with van der Waals surface area (Å²) in [6, 6.07) is 15.1. The predicted octanol–water partition coefficient (Wildman–Crippen LogP) is 4.70. The Morgan fingerprint density at radius 1 is 1.04 bits per heavy atom. The molecule has 1 N–H and O–H groups in total. The molecule has 0 heterocycles. The van der Waals surface area contributed by atoms with Crippen LogP contribution in [0, 0.1) is 6.92 Å². The van der Waals surface area contributed by atoms with Crippen LogP contribution in [0.1, 0.15) is 40.2 Å². The van der Waals surface area contributed by atoms with Gasteiger partial charge in [-0.15, -0.1) is 0 Å². The van der Waals surface area contributed by atoms with Crippen molar-refractivity contribution in [1.29, 1.82) is 0 Å².